The van der Waals surface area contributed by atoms with Crippen molar-refractivity contribution in [3.05, 3.63) is 182 Å². The molecule has 10 aromatic rings. The molecule has 3 nitrogen and oxygen atoms in total. The Hall–Kier alpha value is -6.71. The minimum Gasteiger partial charge on any atom is -0.438 e. The average molecular weight is 639 g/mol. The van der Waals surface area contributed by atoms with E-state index in [4.69, 9.17) is 4.42 Å². The second-order valence-electron chi connectivity index (χ2n) is 12.8. The van der Waals surface area contributed by atoms with Gasteiger partial charge in [-0.2, -0.15) is 0 Å². The molecule has 3 heterocycles. The van der Waals surface area contributed by atoms with Gasteiger partial charge in [-0.25, -0.2) is 4.98 Å². The molecule has 0 atom stereocenters. The monoisotopic (exact) mass is 638 g/mol. The molecule has 0 spiro atoms. The molecule has 3 aromatic heterocycles. The molecule has 0 aliphatic heterocycles. The first-order valence-corrected chi connectivity index (χ1v) is 16.9. The van der Waals surface area contributed by atoms with Crippen LogP contribution in [0.3, 0.4) is 0 Å². The second-order valence-corrected chi connectivity index (χ2v) is 12.8. The van der Waals surface area contributed by atoms with E-state index in [9.17, 15) is 0 Å². The van der Waals surface area contributed by atoms with Crippen LogP contribution in [0.1, 0.15) is 0 Å². The number of nitrogens with zero attached hydrogens (tertiary/aromatic N) is 2. The molecule has 0 N–H and O–H groups in total. The summed E-state index contributed by atoms with van der Waals surface area (Å²) in [5, 5.41) is 4.63. The molecule has 234 valence electrons. The number of para-hydroxylation sites is 2. The molecule has 0 aliphatic carbocycles. The zero-order chi connectivity index (χ0) is 33.0. The molecule has 0 unspecified atom stereocenters. The van der Waals surface area contributed by atoms with E-state index in [0.29, 0.717) is 5.71 Å². The molecular formula is C47H30N2O. The maximum absolute atomic E-state index is 5.97. The van der Waals surface area contributed by atoms with E-state index in [1.807, 2.05) is 12.1 Å². The third kappa shape index (κ3) is 4.71. The van der Waals surface area contributed by atoms with Gasteiger partial charge in [-0.15, -0.1) is 0 Å². The van der Waals surface area contributed by atoms with E-state index >= 15 is 0 Å². The van der Waals surface area contributed by atoms with Gasteiger partial charge < -0.3 is 8.98 Å². The molecule has 0 saturated carbocycles. The van der Waals surface area contributed by atoms with Crippen molar-refractivity contribution in [2.45, 2.75) is 0 Å². The van der Waals surface area contributed by atoms with Crippen molar-refractivity contribution in [2.24, 2.45) is 0 Å². The van der Waals surface area contributed by atoms with E-state index in [-0.39, 0.29) is 0 Å². The Morgan fingerprint density at radius 1 is 0.360 bits per heavy atom. The van der Waals surface area contributed by atoms with Crippen LogP contribution in [0.25, 0.3) is 94.1 Å². The minimum absolute atomic E-state index is 0.672. The summed E-state index contributed by atoms with van der Waals surface area (Å²) in [5.74, 6) is 0. The fraction of sp³-hybridized carbons (Fsp3) is 0. The lowest BCUT2D eigenvalue weighted by Crippen LogP contribution is -1.92. The minimum atomic E-state index is 0.672. The first kappa shape index (κ1) is 28.3. The lowest BCUT2D eigenvalue weighted by molar-refractivity contribution is 0.654. The van der Waals surface area contributed by atoms with Crippen molar-refractivity contribution in [1.29, 1.82) is 0 Å². The van der Waals surface area contributed by atoms with Gasteiger partial charge in [0.15, 0.2) is 0 Å². The highest BCUT2D eigenvalue weighted by Crippen LogP contribution is 2.37. The Kier molecular flexibility index (Phi) is 6.49. The van der Waals surface area contributed by atoms with Crippen LogP contribution in [0, 0.1) is 0 Å². The van der Waals surface area contributed by atoms with Crippen LogP contribution >= 0.6 is 0 Å². The lowest BCUT2D eigenvalue weighted by Gasteiger charge is -2.11. The summed E-state index contributed by atoms with van der Waals surface area (Å²) in [5.41, 5.74) is 14.6. The largest absolute Gasteiger partial charge is 0.438 e. The van der Waals surface area contributed by atoms with Crippen molar-refractivity contribution in [3.63, 3.8) is 0 Å². The Morgan fingerprint density at radius 2 is 0.880 bits per heavy atom. The van der Waals surface area contributed by atoms with Gasteiger partial charge in [-0.1, -0.05) is 103 Å². The molecule has 10 rings (SSSR count). The summed E-state index contributed by atoms with van der Waals surface area (Å²) in [6.45, 7) is 0. The highest BCUT2D eigenvalue weighted by atomic mass is 16.3. The van der Waals surface area contributed by atoms with Gasteiger partial charge in [0.25, 0.3) is 0 Å². The molecule has 0 saturated heterocycles. The van der Waals surface area contributed by atoms with Crippen LogP contribution in [0.2, 0.25) is 0 Å². The zero-order valence-electron chi connectivity index (χ0n) is 27.1. The Labute approximate surface area is 289 Å². The van der Waals surface area contributed by atoms with Crippen molar-refractivity contribution < 1.29 is 4.42 Å². The SMILES string of the molecule is c1ccc(-n2c3ccccc3c3cc(-c4cccc(-c5cccc(-c6cccc(-c7ccc8oc9ncccc9c8c7)c6)c5)c4)ccc32)cc1. The summed E-state index contributed by atoms with van der Waals surface area (Å²) >= 11 is 0. The van der Waals surface area contributed by atoms with Crippen molar-refractivity contribution in [1.82, 2.24) is 9.55 Å². The topological polar surface area (TPSA) is 31.0 Å². The van der Waals surface area contributed by atoms with E-state index in [0.717, 1.165) is 21.9 Å². The molecule has 0 amide bonds. The Bertz CT molecular complexity index is 2880. The predicted octanol–water partition coefficient (Wildman–Crippen LogP) is 12.7. The molecule has 3 heteroatoms. The number of furan rings is 1. The third-order valence-corrected chi connectivity index (χ3v) is 9.86. The Morgan fingerprint density at radius 3 is 1.54 bits per heavy atom. The number of fused-ring (bicyclic) bond motifs is 6. The Balaban J connectivity index is 1.01. The number of hydrogen-bond donors (Lipinski definition) is 0. The van der Waals surface area contributed by atoms with Gasteiger partial charge in [0.05, 0.1) is 11.0 Å². The summed E-state index contributed by atoms with van der Waals surface area (Å²) in [6, 6.07) is 63.1. The van der Waals surface area contributed by atoms with Crippen molar-refractivity contribution in [2.75, 3.05) is 0 Å². The summed E-state index contributed by atoms with van der Waals surface area (Å²) < 4.78 is 8.33. The summed E-state index contributed by atoms with van der Waals surface area (Å²) in [4.78, 5) is 4.40. The van der Waals surface area contributed by atoms with Gasteiger partial charge in [0.2, 0.25) is 5.71 Å². The lowest BCUT2D eigenvalue weighted by atomic mass is 9.94. The summed E-state index contributed by atoms with van der Waals surface area (Å²) in [6.07, 6.45) is 1.77. The van der Waals surface area contributed by atoms with Crippen LogP contribution in [-0.2, 0) is 0 Å². The summed E-state index contributed by atoms with van der Waals surface area (Å²) in [7, 11) is 0. The predicted molar refractivity (Wildman–Crippen MR) is 208 cm³/mol. The smallest absolute Gasteiger partial charge is 0.227 e. The van der Waals surface area contributed by atoms with Crippen LogP contribution in [0.5, 0.6) is 0 Å². The van der Waals surface area contributed by atoms with Gasteiger partial charge in [0, 0.05) is 33.4 Å². The van der Waals surface area contributed by atoms with Gasteiger partial charge in [-0.05, 0) is 117 Å². The van der Waals surface area contributed by atoms with Crippen LogP contribution in [0.4, 0.5) is 0 Å². The number of pyridine rings is 1. The fourth-order valence-corrected chi connectivity index (χ4v) is 7.43. The van der Waals surface area contributed by atoms with Gasteiger partial charge >= 0.3 is 0 Å². The van der Waals surface area contributed by atoms with E-state index in [2.05, 4.69) is 173 Å². The number of aromatic nitrogens is 2. The van der Waals surface area contributed by atoms with Gasteiger partial charge in [-0.3, -0.25) is 0 Å². The standard InChI is InChI=1S/C47H30N2O/c1-2-16-39(17-3-1)49-44-20-5-4-18-40(44)42-29-37(21-23-45(42)49)35-14-7-12-33(27-35)31-10-6-11-32(26-31)34-13-8-15-36(28-34)38-22-24-46-43(30-38)41-19-9-25-48-47(41)50-46/h1-30H. The normalized spacial score (nSPS) is 11.6. The molecule has 0 radical (unpaired) electrons. The van der Waals surface area contributed by atoms with E-state index in [1.54, 1.807) is 6.20 Å². The molecule has 0 bridgehead atoms. The van der Waals surface area contributed by atoms with E-state index < -0.39 is 0 Å². The molecule has 50 heavy (non-hydrogen) atoms. The quantitative estimate of drug-likeness (QED) is 0.188. The van der Waals surface area contributed by atoms with Crippen molar-refractivity contribution in [3.8, 4) is 50.2 Å². The first-order chi connectivity index (χ1) is 24.8. The second kappa shape index (κ2) is 11.5. The number of hydrogen-bond acceptors (Lipinski definition) is 2. The maximum atomic E-state index is 5.97. The highest BCUT2D eigenvalue weighted by Gasteiger charge is 2.14. The molecule has 0 aliphatic rings. The maximum Gasteiger partial charge on any atom is 0.227 e. The molecular weight excluding hydrogens is 609 g/mol. The van der Waals surface area contributed by atoms with Gasteiger partial charge in [0.1, 0.15) is 5.58 Å². The number of rotatable bonds is 5. The molecule has 0 fully saturated rings. The highest BCUT2D eigenvalue weighted by molar-refractivity contribution is 6.10. The van der Waals surface area contributed by atoms with E-state index in [1.165, 1.54) is 66.4 Å². The fourth-order valence-electron chi connectivity index (χ4n) is 7.43. The van der Waals surface area contributed by atoms with Crippen LogP contribution in [-0.4, -0.2) is 9.55 Å². The van der Waals surface area contributed by atoms with Crippen LogP contribution in [0.15, 0.2) is 187 Å². The van der Waals surface area contributed by atoms with Crippen LogP contribution < -0.4 is 0 Å². The molecule has 7 aromatic carbocycles. The third-order valence-electron chi connectivity index (χ3n) is 9.86. The average Bonchev–Trinajstić information content (AvgIpc) is 3.73. The first-order valence-electron chi connectivity index (χ1n) is 16.9. The number of benzene rings is 7. The zero-order valence-corrected chi connectivity index (χ0v) is 27.1. The van der Waals surface area contributed by atoms with Crippen molar-refractivity contribution >= 4 is 43.9 Å².